The summed E-state index contributed by atoms with van der Waals surface area (Å²) in [7, 11) is -3.78. The van der Waals surface area contributed by atoms with E-state index >= 15 is 0 Å². The Morgan fingerprint density at radius 2 is 1.75 bits per heavy atom. The maximum atomic E-state index is 10.5. The first-order valence-electron chi connectivity index (χ1n) is 4.18. The summed E-state index contributed by atoms with van der Waals surface area (Å²) >= 11 is 0. The summed E-state index contributed by atoms with van der Waals surface area (Å²) in [6.07, 6.45) is 3.39. The highest BCUT2D eigenvalue weighted by Crippen LogP contribution is 2.23. The van der Waals surface area contributed by atoms with Crippen LogP contribution in [0.3, 0.4) is 0 Å². The van der Waals surface area contributed by atoms with Crippen LogP contribution in [0.25, 0.3) is 0 Å². The molecule has 0 amide bonds. The van der Waals surface area contributed by atoms with Crippen molar-refractivity contribution in [2.45, 2.75) is 31.7 Å². The lowest BCUT2D eigenvalue weighted by Gasteiger charge is -2.24. The fraction of sp³-hybridized carbons (Fsp3) is 1.00. The van der Waals surface area contributed by atoms with Gasteiger partial charge in [0.2, 0.25) is 0 Å². The third-order valence-electron chi connectivity index (χ3n) is 2.34. The van der Waals surface area contributed by atoms with Crippen molar-refractivity contribution in [3.63, 3.8) is 0 Å². The van der Waals surface area contributed by atoms with Crippen LogP contribution in [0.2, 0.25) is 0 Å². The van der Waals surface area contributed by atoms with Gasteiger partial charge in [-0.1, -0.05) is 0 Å². The first kappa shape index (κ1) is 9.95. The molecule has 0 aromatic heterocycles. The molecular formula is C7H15NO3S. The Bertz CT molecular complexity index is 229. The maximum Gasteiger partial charge on any atom is 0.265 e. The minimum absolute atomic E-state index is 0.0975. The SMILES string of the molecule is NC1CCC(CS(=O)(=O)O)CC1. The third-order valence-corrected chi connectivity index (χ3v) is 3.23. The van der Waals surface area contributed by atoms with Crippen LogP contribution in [0.15, 0.2) is 0 Å². The van der Waals surface area contributed by atoms with Gasteiger partial charge in [0.05, 0.1) is 5.75 Å². The van der Waals surface area contributed by atoms with E-state index in [-0.39, 0.29) is 17.7 Å². The predicted octanol–water partition coefficient (Wildman–Crippen LogP) is 0.392. The highest BCUT2D eigenvalue weighted by Gasteiger charge is 2.22. The minimum atomic E-state index is -3.78. The van der Waals surface area contributed by atoms with Crippen molar-refractivity contribution in [3.05, 3.63) is 0 Å². The van der Waals surface area contributed by atoms with Gasteiger partial charge in [0.15, 0.2) is 0 Å². The molecule has 1 rings (SSSR count). The zero-order chi connectivity index (χ0) is 9.19. The van der Waals surface area contributed by atoms with E-state index in [0.717, 1.165) is 25.7 Å². The highest BCUT2D eigenvalue weighted by atomic mass is 32.2. The second kappa shape index (κ2) is 3.72. The van der Waals surface area contributed by atoms with Crippen LogP contribution in [0, 0.1) is 5.92 Å². The summed E-state index contributed by atoms with van der Waals surface area (Å²) in [5.41, 5.74) is 5.65. The Hall–Kier alpha value is -0.130. The quantitative estimate of drug-likeness (QED) is 0.622. The van der Waals surface area contributed by atoms with Crippen molar-refractivity contribution < 1.29 is 13.0 Å². The third kappa shape index (κ3) is 3.51. The van der Waals surface area contributed by atoms with Gasteiger partial charge in [-0.15, -0.1) is 0 Å². The van der Waals surface area contributed by atoms with E-state index in [2.05, 4.69) is 0 Å². The monoisotopic (exact) mass is 193 g/mol. The lowest BCUT2D eigenvalue weighted by atomic mass is 9.88. The van der Waals surface area contributed by atoms with Crippen molar-refractivity contribution in [1.82, 2.24) is 0 Å². The summed E-state index contributed by atoms with van der Waals surface area (Å²) in [6.45, 7) is 0. The summed E-state index contributed by atoms with van der Waals surface area (Å²) in [5, 5.41) is 0. The second-order valence-corrected chi connectivity index (χ2v) is 5.03. The zero-order valence-electron chi connectivity index (χ0n) is 6.94. The Morgan fingerprint density at radius 1 is 1.25 bits per heavy atom. The smallest absolute Gasteiger partial charge is 0.265 e. The van der Waals surface area contributed by atoms with Gasteiger partial charge >= 0.3 is 0 Å². The molecule has 1 saturated carbocycles. The van der Waals surface area contributed by atoms with E-state index in [1.165, 1.54) is 0 Å². The highest BCUT2D eigenvalue weighted by molar-refractivity contribution is 7.85. The normalized spacial score (nSPS) is 31.8. The number of rotatable bonds is 2. The van der Waals surface area contributed by atoms with Crippen molar-refractivity contribution in [3.8, 4) is 0 Å². The summed E-state index contributed by atoms with van der Waals surface area (Å²) < 4.78 is 29.6. The zero-order valence-corrected chi connectivity index (χ0v) is 7.76. The average molecular weight is 193 g/mol. The lowest BCUT2D eigenvalue weighted by Crippen LogP contribution is -2.29. The predicted molar refractivity (Wildman–Crippen MR) is 46.3 cm³/mol. The van der Waals surface area contributed by atoms with Crippen molar-refractivity contribution >= 4 is 10.1 Å². The molecule has 1 aliphatic rings. The van der Waals surface area contributed by atoms with Crippen LogP contribution in [0.4, 0.5) is 0 Å². The molecule has 0 radical (unpaired) electrons. The first-order chi connectivity index (χ1) is 5.47. The molecule has 0 aromatic carbocycles. The molecule has 5 heteroatoms. The molecule has 4 nitrogen and oxygen atoms in total. The topological polar surface area (TPSA) is 80.4 Å². The Balaban J connectivity index is 2.36. The number of hydrogen-bond donors (Lipinski definition) is 2. The van der Waals surface area contributed by atoms with Gasteiger partial charge in [-0.2, -0.15) is 8.42 Å². The fourth-order valence-electron chi connectivity index (χ4n) is 1.65. The van der Waals surface area contributed by atoms with Crippen molar-refractivity contribution in [2.24, 2.45) is 11.7 Å². The van der Waals surface area contributed by atoms with Gasteiger partial charge in [0, 0.05) is 6.04 Å². The summed E-state index contributed by atoms with van der Waals surface area (Å²) in [6, 6.07) is 0.225. The van der Waals surface area contributed by atoms with Gasteiger partial charge in [-0.05, 0) is 31.6 Å². The van der Waals surface area contributed by atoms with E-state index < -0.39 is 10.1 Å². The maximum absolute atomic E-state index is 10.5. The molecule has 1 fully saturated rings. The second-order valence-electron chi connectivity index (χ2n) is 3.53. The van der Waals surface area contributed by atoms with Crippen LogP contribution in [-0.4, -0.2) is 24.8 Å². The summed E-state index contributed by atoms with van der Waals surface area (Å²) in [4.78, 5) is 0. The van der Waals surface area contributed by atoms with Gasteiger partial charge < -0.3 is 5.73 Å². The number of hydrogen-bond acceptors (Lipinski definition) is 3. The molecule has 0 spiro atoms. The Kier molecular flexibility index (Phi) is 3.09. The molecular weight excluding hydrogens is 178 g/mol. The molecule has 0 bridgehead atoms. The van der Waals surface area contributed by atoms with E-state index in [4.69, 9.17) is 10.3 Å². The molecule has 72 valence electrons. The van der Waals surface area contributed by atoms with Crippen LogP contribution < -0.4 is 5.73 Å². The molecule has 3 N–H and O–H groups in total. The average Bonchev–Trinajstić information content (AvgIpc) is 1.91. The van der Waals surface area contributed by atoms with E-state index in [1.54, 1.807) is 0 Å². The molecule has 1 aliphatic carbocycles. The number of nitrogens with two attached hydrogens (primary N) is 1. The first-order valence-corrected chi connectivity index (χ1v) is 5.79. The largest absolute Gasteiger partial charge is 0.328 e. The van der Waals surface area contributed by atoms with Gasteiger partial charge in [0.1, 0.15) is 0 Å². The van der Waals surface area contributed by atoms with Gasteiger partial charge in [-0.3, -0.25) is 4.55 Å². The van der Waals surface area contributed by atoms with Crippen molar-refractivity contribution in [1.29, 1.82) is 0 Å². The Labute approximate surface area is 72.9 Å². The molecule has 0 aliphatic heterocycles. The molecule has 0 heterocycles. The van der Waals surface area contributed by atoms with Crippen LogP contribution in [0.5, 0.6) is 0 Å². The van der Waals surface area contributed by atoms with Gasteiger partial charge in [-0.25, -0.2) is 0 Å². The minimum Gasteiger partial charge on any atom is -0.328 e. The molecule has 0 aromatic rings. The molecule has 0 unspecified atom stereocenters. The fourth-order valence-corrected chi connectivity index (χ4v) is 2.58. The Morgan fingerprint density at radius 3 is 2.17 bits per heavy atom. The van der Waals surface area contributed by atoms with Gasteiger partial charge in [0.25, 0.3) is 10.1 Å². The van der Waals surface area contributed by atoms with E-state index in [1.807, 2.05) is 0 Å². The lowest BCUT2D eigenvalue weighted by molar-refractivity contribution is 0.341. The van der Waals surface area contributed by atoms with E-state index in [0.29, 0.717) is 0 Å². The summed E-state index contributed by atoms with van der Waals surface area (Å²) in [5.74, 6) is 0.0134. The van der Waals surface area contributed by atoms with Crippen molar-refractivity contribution in [2.75, 3.05) is 5.75 Å². The molecule has 0 atom stereocenters. The molecule has 0 saturated heterocycles. The van der Waals surface area contributed by atoms with Crippen LogP contribution in [0.1, 0.15) is 25.7 Å². The molecule has 12 heavy (non-hydrogen) atoms. The van der Waals surface area contributed by atoms with E-state index in [9.17, 15) is 8.42 Å². The van der Waals surface area contributed by atoms with Crippen LogP contribution in [-0.2, 0) is 10.1 Å². The standard InChI is InChI=1S/C7H15NO3S/c8-7-3-1-6(2-4-7)5-12(9,10)11/h6-7H,1-5,8H2,(H,9,10,11). The van der Waals surface area contributed by atoms with Crippen LogP contribution >= 0.6 is 0 Å².